The van der Waals surface area contributed by atoms with Crippen molar-refractivity contribution >= 4 is 75.6 Å². The van der Waals surface area contributed by atoms with Gasteiger partial charge < -0.3 is 66.0 Å². The SMILES string of the molecule is CC(=O)N[C@@H](CCCN=C(N)N)C(=O)N[C@H]1CCC(=O)CCCC[C@@H](C(N)=O)NC(=O)[C@H](Cc2c[nH]c3ccccc23)CC(=O)[C@H](CCCN=C(N)N)CC(=O)[C@@H](Cc2cccc(C(F)(F)F)c2)NC(=O)[C@H](CCN)NC1=O. The number of Topliss-reactive ketones (excluding diaryl/α,β-unsaturated/α-hetero) is 3. The molecule has 6 amide bonds. The maximum Gasteiger partial charge on any atom is 0.416 e. The summed E-state index contributed by atoms with van der Waals surface area (Å²) >= 11 is 0. The van der Waals surface area contributed by atoms with Crippen molar-refractivity contribution in [1.82, 2.24) is 31.6 Å². The van der Waals surface area contributed by atoms with E-state index in [9.17, 15) is 56.3 Å². The molecule has 0 bridgehead atoms. The summed E-state index contributed by atoms with van der Waals surface area (Å²) in [7, 11) is 0. The lowest BCUT2D eigenvalue weighted by atomic mass is 9.83. The molecule has 0 saturated carbocycles. The van der Waals surface area contributed by atoms with Crippen molar-refractivity contribution in [3.05, 3.63) is 71.4 Å². The molecule has 2 aromatic carbocycles. The number of benzene rings is 2. The van der Waals surface area contributed by atoms with E-state index in [1.54, 1.807) is 18.3 Å². The van der Waals surface area contributed by atoms with Gasteiger partial charge in [0.15, 0.2) is 17.7 Å². The van der Waals surface area contributed by atoms with Crippen molar-refractivity contribution in [3.63, 3.8) is 0 Å². The van der Waals surface area contributed by atoms with Gasteiger partial charge in [-0.2, -0.15) is 13.2 Å². The molecule has 426 valence electrons. The first-order valence-electron chi connectivity index (χ1n) is 25.8. The summed E-state index contributed by atoms with van der Waals surface area (Å²) in [5, 5.41) is 13.6. The third-order valence-corrected chi connectivity index (χ3v) is 13.2. The van der Waals surface area contributed by atoms with Crippen molar-refractivity contribution < 1.29 is 56.3 Å². The lowest BCUT2D eigenvalue weighted by Crippen LogP contribution is -2.58. The number of aromatic nitrogens is 1. The second kappa shape index (κ2) is 30.7. The number of hydrogen-bond donors (Lipinski definition) is 12. The van der Waals surface area contributed by atoms with Crippen molar-refractivity contribution in [2.75, 3.05) is 19.6 Å². The van der Waals surface area contributed by atoms with Crippen LogP contribution in [0.4, 0.5) is 13.2 Å². The van der Waals surface area contributed by atoms with E-state index in [4.69, 9.17) is 34.4 Å². The first-order valence-corrected chi connectivity index (χ1v) is 25.8. The number of guanidine groups is 2. The number of amides is 6. The number of fused-ring (bicyclic) bond motifs is 1. The lowest BCUT2D eigenvalue weighted by molar-refractivity contribution is -0.137. The maximum atomic E-state index is 14.8. The molecule has 2 heterocycles. The Morgan fingerprint density at radius 2 is 1.42 bits per heavy atom. The Kier molecular flexibility index (Phi) is 24.7. The van der Waals surface area contributed by atoms with E-state index in [0.717, 1.165) is 29.1 Å². The fourth-order valence-electron chi connectivity index (χ4n) is 9.11. The van der Waals surface area contributed by atoms with E-state index in [1.165, 1.54) is 13.0 Å². The van der Waals surface area contributed by atoms with Crippen LogP contribution in [-0.4, -0.2) is 120 Å². The van der Waals surface area contributed by atoms with Crippen LogP contribution in [0.3, 0.4) is 0 Å². The van der Waals surface area contributed by atoms with E-state index in [2.05, 4.69) is 41.6 Å². The van der Waals surface area contributed by atoms with Crippen LogP contribution in [0.5, 0.6) is 0 Å². The fraction of sp³-hybridized carbons (Fsp3) is 0.519. The summed E-state index contributed by atoms with van der Waals surface area (Å²) in [6, 6.07) is 4.14. The molecule has 1 aliphatic rings. The third kappa shape index (κ3) is 20.9. The number of nitrogens with zero attached hydrogens (tertiary/aromatic N) is 2. The second-order valence-electron chi connectivity index (χ2n) is 19.4. The summed E-state index contributed by atoms with van der Waals surface area (Å²) in [6.45, 7) is 1.05. The van der Waals surface area contributed by atoms with Crippen LogP contribution in [0.1, 0.15) is 107 Å². The van der Waals surface area contributed by atoms with E-state index in [-0.39, 0.29) is 120 Å². The van der Waals surface area contributed by atoms with Gasteiger partial charge in [0, 0.05) is 74.6 Å². The molecule has 0 radical (unpaired) electrons. The number of ketones is 3. The van der Waals surface area contributed by atoms with Gasteiger partial charge in [0.05, 0.1) is 11.6 Å². The fourth-order valence-corrected chi connectivity index (χ4v) is 9.11. The number of para-hydroxylation sites is 1. The predicted octanol–water partition coefficient (Wildman–Crippen LogP) is 0.431. The molecule has 7 atom stereocenters. The Balaban J connectivity index is 1.81. The molecule has 23 nitrogen and oxygen atoms in total. The Labute approximate surface area is 449 Å². The van der Waals surface area contributed by atoms with Gasteiger partial charge in [0.2, 0.25) is 35.4 Å². The van der Waals surface area contributed by atoms with Crippen LogP contribution in [0.25, 0.3) is 10.9 Å². The highest BCUT2D eigenvalue weighted by Gasteiger charge is 2.36. The van der Waals surface area contributed by atoms with Crippen molar-refractivity contribution in [2.24, 2.45) is 56.2 Å². The molecule has 0 unspecified atom stereocenters. The van der Waals surface area contributed by atoms with Crippen LogP contribution < -0.4 is 61.0 Å². The average Bonchev–Trinajstić information content (AvgIpc) is 3.79. The van der Waals surface area contributed by atoms with Gasteiger partial charge >= 0.3 is 6.18 Å². The molecule has 18 N–H and O–H groups in total. The molecule has 0 aliphatic carbocycles. The quantitative estimate of drug-likeness (QED) is 0.0467. The Bertz CT molecular complexity index is 2650. The average molecular weight is 1100 g/mol. The van der Waals surface area contributed by atoms with Gasteiger partial charge in [-0.05, 0) is 94.0 Å². The van der Waals surface area contributed by atoms with Gasteiger partial charge in [-0.25, -0.2) is 0 Å². The minimum absolute atomic E-state index is 0.00431. The number of aliphatic imine (C=N–C) groups is 2. The number of H-pyrrole nitrogens is 1. The molecule has 26 heteroatoms. The maximum absolute atomic E-state index is 14.8. The van der Waals surface area contributed by atoms with Gasteiger partial charge in [0.25, 0.3) is 0 Å². The second-order valence-corrected chi connectivity index (χ2v) is 19.4. The number of carbonyl (C=O) groups excluding carboxylic acids is 9. The first-order chi connectivity index (χ1) is 36.9. The van der Waals surface area contributed by atoms with Crippen molar-refractivity contribution in [1.29, 1.82) is 0 Å². The minimum Gasteiger partial charge on any atom is -0.370 e. The van der Waals surface area contributed by atoms with Crippen LogP contribution in [0.15, 0.2) is 64.7 Å². The Morgan fingerprint density at radius 1 is 0.744 bits per heavy atom. The topological polar surface area (TPSA) is 410 Å². The van der Waals surface area contributed by atoms with E-state index in [0.29, 0.717) is 5.56 Å². The number of rotatable bonds is 18. The predicted molar refractivity (Wildman–Crippen MR) is 284 cm³/mol. The van der Waals surface area contributed by atoms with E-state index in [1.807, 2.05) is 12.1 Å². The monoisotopic (exact) mass is 1090 g/mol. The van der Waals surface area contributed by atoms with Crippen LogP contribution in [0, 0.1) is 11.8 Å². The molecule has 1 aliphatic heterocycles. The molecular formula is C52H73F3N14O9. The van der Waals surface area contributed by atoms with Crippen LogP contribution >= 0.6 is 0 Å². The lowest BCUT2D eigenvalue weighted by Gasteiger charge is -2.27. The molecule has 0 spiro atoms. The minimum atomic E-state index is -4.79. The standard InChI is InChI=1S/C52H73F3N14O9/c1-29(70)65-39(16-8-22-63-51(60)61)47(76)67-40-18-17-35(71)12-2-4-15-38(45(57)74)66-46(75)32(25-33-28-64-37-14-5-3-13-36(33)37)27-43(72)31(10-7-21-62-50(58)59)26-44(73)42(69-49(78)41(19-20-56)68-48(40)77)24-30-9-6-11-34(23-30)52(53,54)55/h3,5-6,9,11,13-14,23,28,31-32,38-42,64H,2,4,7-8,10,12,15-22,24-27,56H2,1H3,(H2,57,74)(H,65,70)(H,66,75)(H,67,76)(H,68,77)(H,69,78)(H4,58,59,62)(H4,60,61,63)/t31-,32-,38+,39+,40+,41+,42-/m1/s1. The van der Waals surface area contributed by atoms with Gasteiger partial charge in [-0.1, -0.05) is 42.8 Å². The highest BCUT2D eigenvalue weighted by Crippen LogP contribution is 2.31. The van der Waals surface area contributed by atoms with Gasteiger partial charge in [-0.3, -0.25) is 53.1 Å². The number of carbonyl (C=O) groups is 9. The van der Waals surface area contributed by atoms with Crippen molar-refractivity contribution in [2.45, 2.75) is 140 Å². The Morgan fingerprint density at radius 3 is 2.09 bits per heavy atom. The zero-order valence-corrected chi connectivity index (χ0v) is 43.6. The van der Waals surface area contributed by atoms with Gasteiger partial charge in [-0.15, -0.1) is 0 Å². The number of alkyl halides is 3. The largest absolute Gasteiger partial charge is 0.416 e. The summed E-state index contributed by atoms with van der Waals surface area (Å²) in [5.41, 5.74) is 34.0. The smallest absolute Gasteiger partial charge is 0.370 e. The van der Waals surface area contributed by atoms with Crippen LogP contribution in [0.2, 0.25) is 0 Å². The molecule has 1 aromatic heterocycles. The summed E-state index contributed by atoms with van der Waals surface area (Å²) < 4.78 is 42.0. The molecule has 78 heavy (non-hydrogen) atoms. The van der Waals surface area contributed by atoms with Crippen LogP contribution in [-0.2, 0) is 62.2 Å². The zero-order valence-electron chi connectivity index (χ0n) is 43.6. The highest BCUT2D eigenvalue weighted by atomic mass is 19.4. The zero-order chi connectivity index (χ0) is 57.5. The highest BCUT2D eigenvalue weighted by molar-refractivity contribution is 5.98. The molecule has 1 saturated heterocycles. The van der Waals surface area contributed by atoms with E-state index < -0.39 is 120 Å². The number of hydrogen-bond acceptors (Lipinski definition) is 12. The van der Waals surface area contributed by atoms with Crippen molar-refractivity contribution in [3.8, 4) is 0 Å². The molecular weight excluding hydrogens is 1020 g/mol. The number of halogens is 3. The summed E-state index contributed by atoms with van der Waals surface area (Å²) in [6.07, 6.45) is -4.93. The molecule has 3 aromatic rings. The first kappa shape index (κ1) is 62.6. The summed E-state index contributed by atoms with van der Waals surface area (Å²) in [4.78, 5) is 136. The Hall–Kier alpha value is -7.90. The third-order valence-electron chi connectivity index (χ3n) is 13.2. The normalized spacial score (nSPS) is 21.3. The molecule has 1 fully saturated rings. The number of primary amides is 1. The summed E-state index contributed by atoms with van der Waals surface area (Å²) in [5.74, 6) is -9.55. The number of aromatic amines is 1. The number of nitrogens with two attached hydrogens (primary N) is 6. The van der Waals surface area contributed by atoms with E-state index >= 15 is 0 Å². The van der Waals surface area contributed by atoms with Gasteiger partial charge in [0.1, 0.15) is 35.7 Å². The molecule has 4 rings (SSSR count). The number of nitrogens with one attached hydrogen (secondary N) is 6.